The number of rotatable bonds is 7. The van der Waals surface area contributed by atoms with Crippen molar-refractivity contribution in [3.8, 4) is 0 Å². The number of nitrogens with one attached hydrogen (secondary N) is 1. The van der Waals surface area contributed by atoms with Gasteiger partial charge in [0.25, 0.3) is 0 Å². The van der Waals surface area contributed by atoms with Crippen LogP contribution in [-0.4, -0.2) is 29.9 Å². The van der Waals surface area contributed by atoms with Crippen LogP contribution in [0.25, 0.3) is 0 Å². The van der Waals surface area contributed by atoms with Gasteiger partial charge in [-0.25, -0.2) is 0 Å². The van der Waals surface area contributed by atoms with Crippen molar-refractivity contribution in [3.05, 3.63) is 35.4 Å². The van der Waals surface area contributed by atoms with E-state index in [4.69, 9.17) is 5.73 Å². The molecule has 0 radical (unpaired) electrons. The molecule has 26 heavy (non-hydrogen) atoms. The van der Waals surface area contributed by atoms with Crippen molar-refractivity contribution in [2.75, 3.05) is 7.05 Å². The molecule has 0 spiro atoms. The molecule has 2 rings (SSSR count). The number of carbonyl (C=O) groups excluding carboxylic acids is 1. The van der Waals surface area contributed by atoms with Gasteiger partial charge in [-0.15, -0.1) is 24.8 Å². The molecule has 1 aliphatic carbocycles. The molecule has 0 aliphatic heterocycles. The maximum absolute atomic E-state index is 12.1. The highest BCUT2D eigenvalue weighted by atomic mass is 35.5. The first-order chi connectivity index (χ1) is 11.5. The molecule has 6 heteroatoms. The summed E-state index contributed by atoms with van der Waals surface area (Å²) < 4.78 is 0. The van der Waals surface area contributed by atoms with E-state index in [9.17, 15) is 4.79 Å². The van der Waals surface area contributed by atoms with Gasteiger partial charge in [0.2, 0.25) is 5.91 Å². The summed E-state index contributed by atoms with van der Waals surface area (Å²) in [7, 11) is 2.23. The third kappa shape index (κ3) is 7.43. The minimum Gasteiger partial charge on any atom is -0.352 e. The number of benzene rings is 1. The lowest BCUT2D eigenvalue weighted by Gasteiger charge is -2.31. The summed E-state index contributed by atoms with van der Waals surface area (Å²) >= 11 is 0. The van der Waals surface area contributed by atoms with E-state index in [-0.39, 0.29) is 42.7 Å². The first-order valence-electron chi connectivity index (χ1n) is 9.29. The number of hydrogen-bond acceptors (Lipinski definition) is 3. The average Bonchev–Trinajstić information content (AvgIpc) is 2.60. The molecular weight excluding hydrogens is 369 g/mol. The molecule has 150 valence electrons. The molecule has 1 fully saturated rings. The Morgan fingerprint density at radius 2 is 1.73 bits per heavy atom. The van der Waals surface area contributed by atoms with Gasteiger partial charge in [-0.3, -0.25) is 9.69 Å². The Kier molecular flexibility index (Phi) is 12.2. The van der Waals surface area contributed by atoms with Crippen LogP contribution in [0.15, 0.2) is 24.3 Å². The monoisotopic (exact) mass is 403 g/mol. The molecule has 3 N–H and O–H groups in total. The van der Waals surface area contributed by atoms with E-state index in [1.165, 1.54) is 43.2 Å². The van der Waals surface area contributed by atoms with Gasteiger partial charge >= 0.3 is 0 Å². The normalized spacial score (nSPS) is 17.0. The van der Waals surface area contributed by atoms with E-state index in [0.29, 0.717) is 12.6 Å². The Labute approximate surface area is 171 Å². The molecule has 0 heterocycles. The van der Waals surface area contributed by atoms with Crippen LogP contribution in [0.5, 0.6) is 0 Å². The second-order valence-electron chi connectivity index (χ2n) is 7.34. The lowest BCUT2D eigenvalue weighted by atomic mass is 9.94. The van der Waals surface area contributed by atoms with Crippen molar-refractivity contribution in [2.24, 2.45) is 11.7 Å². The summed E-state index contributed by atoms with van der Waals surface area (Å²) in [6.45, 7) is 5.27. The molecule has 4 nitrogen and oxygen atoms in total. The maximum Gasteiger partial charge on any atom is 0.224 e. The summed E-state index contributed by atoms with van der Waals surface area (Å²) in [4.78, 5) is 14.6. The third-order valence-electron chi connectivity index (χ3n) is 5.39. The molecule has 0 bridgehead atoms. The highest BCUT2D eigenvalue weighted by Gasteiger charge is 2.20. The van der Waals surface area contributed by atoms with E-state index >= 15 is 0 Å². The van der Waals surface area contributed by atoms with Crippen LogP contribution in [0.3, 0.4) is 0 Å². The molecule has 2 atom stereocenters. The van der Waals surface area contributed by atoms with Crippen LogP contribution in [-0.2, 0) is 17.9 Å². The van der Waals surface area contributed by atoms with Crippen molar-refractivity contribution < 1.29 is 4.79 Å². The van der Waals surface area contributed by atoms with Crippen LogP contribution in [0.4, 0.5) is 0 Å². The number of amides is 1. The standard InChI is InChI=1S/C20H33N3O.2ClH/c1-15(16(2)21)20(24)22-13-17-9-7-8-10-18(17)14-23(3)19-11-5-4-6-12-19;;/h7-10,15-16,19H,4-6,11-14,21H2,1-3H3,(H,22,24);2*1H. The SMILES string of the molecule is CC(N)C(C)C(=O)NCc1ccccc1CN(C)C1CCCCC1.Cl.Cl. The van der Waals surface area contributed by atoms with E-state index in [1.54, 1.807) is 0 Å². The minimum absolute atomic E-state index is 0. The molecule has 0 aromatic heterocycles. The van der Waals surface area contributed by atoms with Crippen LogP contribution in [0, 0.1) is 5.92 Å². The zero-order valence-corrected chi connectivity index (χ0v) is 17.9. The summed E-state index contributed by atoms with van der Waals surface area (Å²) in [5.74, 6) is -0.137. The predicted octanol–water partition coefficient (Wildman–Crippen LogP) is 3.89. The van der Waals surface area contributed by atoms with Crippen LogP contribution < -0.4 is 11.1 Å². The van der Waals surface area contributed by atoms with Crippen LogP contribution in [0.1, 0.15) is 57.1 Å². The minimum atomic E-state index is -0.165. The van der Waals surface area contributed by atoms with Crippen LogP contribution >= 0.6 is 24.8 Å². The van der Waals surface area contributed by atoms with E-state index in [1.807, 2.05) is 19.9 Å². The van der Waals surface area contributed by atoms with Gasteiger partial charge < -0.3 is 11.1 Å². The molecule has 0 saturated heterocycles. The molecular formula is C20H35Cl2N3O. The first-order valence-corrected chi connectivity index (χ1v) is 9.29. The molecule has 1 saturated carbocycles. The number of carbonyl (C=O) groups is 1. The van der Waals surface area contributed by atoms with Crippen molar-refractivity contribution in [3.63, 3.8) is 0 Å². The second kappa shape index (κ2) is 12.6. The Balaban J connectivity index is 0.00000312. The Morgan fingerprint density at radius 3 is 2.31 bits per heavy atom. The molecule has 2 unspecified atom stereocenters. The van der Waals surface area contributed by atoms with E-state index in [2.05, 4.69) is 35.5 Å². The highest BCUT2D eigenvalue weighted by Crippen LogP contribution is 2.23. The fourth-order valence-corrected chi connectivity index (χ4v) is 3.39. The molecule has 1 aromatic carbocycles. The quantitative estimate of drug-likeness (QED) is 0.725. The van der Waals surface area contributed by atoms with Crippen molar-refractivity contribution in [1.82, 2.24) is 10.2 Å². The smallest absolute Gasteiger partial charge is 0.224 e. The zero-order valence-electron chi connectivity index (χ0n) is 16.2. The van der Waals surface area contributed by atoms with Gasteiger partial charge in [0.05, 0.1) is 0 Å². The first kappa shape index (κ1) is 25.2. The second-order valence-corrected chi connectivity index (χ2v) is 7.34. The zero-order chi connectivity index (χ0) is 17.5. The largest absolute Gasteiger partial charge is 0.352 e. The molecule has 1 aliphatic rings. The summed E-state index contributed by atoms with van der Waals surface area (Å²) in [6, 6.07) is 8.98. The Hall–Kier alpha value is -0.810. The van der Waals surface area contributed by atoms with E-state index < -0.39 is 0 Å². The van der Waals surface area contributed by atoms with Gasteiger partial charge in [0.1, 0.15) is 0 Å². The van der Waals surface area contributed by atoms with Gasteiger partial charge in [-0.1, -0.05) is 50.5 Å². The fourth-order valence-electron chi connectivity index (χ4n) is 3.39. The summed E-state index contributed by atoms with van der Waals surface area (Å²) in [6.07, 6.45) is 6.69. The van der Waals surface area contributed by atoms with Crippen molar-refractivity contribution in [2.45, 2.75) is 71.1 Å². The number of halogens is 2. The summed E-state index contributed by atoms with van der Waals surface area (Å²) in [5, 5.41) is 3.04. The number of hydrogen-bond donors (Lipinski definition) is 2. The van der Waals surface area contributed by atoms with Gasteiger partial charge in [0.15, 0.2) is 0 Å². The lowest BCUT2D eigenvalue weighted by Crippen LogP contribution is -2.38. The number of nitrogens with zero attached hydrogens (tertiary/aromatic N) is 1. The Bertz CT molecular complexity index is 534. The van der Waals surface area contributed by atoms with E-state index in [0.717, 1.165) is 6.54 Å². The van der Waals surface area contributed by atoms with Crippen molar-refractivity contribution >= 4 is 30.7 Å². The lowest BCUT2D eigenvalue weighted by molar-refractivity contribution is -0.125. The molecule has 1 aromatic rings. The van der Waals surface area contributed by atoms with Gasteiger partial charge in [-0.05, 0) is 37.9 Å². The Morgan fingerprint density at radius 1 is 1.15 bits per heavy atom. The maximum atomic E-state index is 12.1. The summed E-state index contributed by atoms with van der Waals surface area (Å²) in [5.41, 5.74) is 8.32. The van der Waals surface area contributed by atoms with Crippen molar-refractivity contribution in [1.29, 1.82) is 0 Å². The third-order valence-corrected chi connectivity index (χ3v) is 5.39. The van der Waals surface area contributed by atoms with Gasteiger partial charge in [0, 0.05) is 31.1 Å². The molecule has 1 amide bonds. The van der Waals surface area contributed by atoms with Crippen LogP contribution in [0.2, 0.25) is 0 Å². The average molecular weight is 404 g/mol. The predicted molar refractivity (Wildman–Crippen MR) is 114 cm³/mol. The highest BCUT2D eigenvalue weighted by molar-refractivity contribution is 5.85. The number of nitrogens with two attached hydrogens (primary N) is 1. The fraction of sp³-hybridized carbons (Fsp3) is 0.650. The van der Waals surface area contributed by atoms with Gasteiger partial charge in [-0.2, -0.15) is 0 Å². The topological polar surface area (TPSA) is 58.4 Å².